The summed E-state index contributed by atoms with van der Waals surface area (Å²) < 4.78 is 28.0. The number of anilines is 2. The molecule has 7 heteroatoms. The molecule has 0 saturated heterocycles. The maximum absolute atomic E-state index is 11.6. The van der Waals surface area contributed by atoms with Gasteiger partial charge in [0.2, 0.25) is 0 Å². The zero-order valence-electron chi connectivity index (χ0n) is 8.40. The van der Waals surface area contributed by atoms with Crippen LogP contribution in [0.2, 0.25) is 5.02 Å². The van der Waals surface area contributed by atoms with Gasteiger partial charge in [-0.15, -0.1) is 0 Å². The second kappa shape index (κ2) is 4.12. The summed E-state index contributed by atoms with van der Waals surface area (Å²) in [6.07, 6.45) is 1.75. The van der Waals surface area contributed by atoms with Crippen molar-refractivity contribution in [2.24, 2.45) is 0 Å². The fourth-order valence-corrected chi connectivity index (χ4v) is 2.75. The van der Waals surface area contributed by atoms with Crippen LogP contribution in [0.4, 0.5) is 11.4 Å². The fraction of sp³-hybridized carbons (Fsp3) is 0.333. The molecule has 88 valence electrons. The minimum atomic E-state index is -3.58. The molecule has 4 N–H and O–H groups in total. The standard InChI is InChI=1S/C9H12ClN3O2S/c10-7-2-1-3-8(11)9(7)13-16(14,15)12-6-4-5-6/h1-3,6,12-13H,4-5,11H2. The molecule has 0 radical (unpaired) electrons. The number of rotatable bonds is 4. The minimum Gasteiger partial charge on any atom is -0.397 e. The van der Waals surface area contributed by atoms with Gasteiger partial charge < -0.3 is 5.73 Å². The molecular weight excluding hydrogens is 250 g/mol. The normalized spacial score (nSPS) is 16.1. The van der Waals surface area contributed by atoms with Gasteiger partial charge in [-0.25, -0.2) is 0 Å². The van der Waals surface area contributed by atoms with Gasteiger partial charge in [-0.05, 0) is 25.0 Å². The average Bonchev–Trinajstić information content (AvgIpc) is 2.95. The third-order valence-electron chi connectivity index (χ3n) is 2.18. The highest BCUT2D eigenvalue weighted by atomic mass is 35.5. The first-order valence-electron chi connectivity index (χ1n) is 4.82. The molecule has 5 nitrogen and oxygen atoms in total. The topological polar surface area (TPSA) is 84.2 Å². The Kier molecular flexibility index (Phi) is 2.96. The second-order valence-corrected chi connectivity index (χ2v) is 5.56. The Labute approximate surface area is 99.2 Å². The largest absolute Gasteiger partial charge is 0.397 e. The number of nitrogens with one attached hydrogen (secondary N) is 2. The van der Waals surface area contributed by atoms with E-state index in [1.165, 1.54) is 0 Å². The van der Waals surface area contributed by atoms with E-state index in [1.54, 1.807) is 18.2 Å². The molecule has 0 aliphatic heterocycles. The molecule has 0 heterocycles. The van der Waals surface area contributed by atoms with Gasteiger partial charge in [-0.3, -0.25) is 4.72 Å². The first-order chi connectivity index (χ1) is 7.48. The van der Waals surface area contributed by atoms with Gasteiger partial charge in [0.1, 0.15) is 0 Å². The first-order valence-corrected chi connectivity index (χ1v) is 6.68. The monoisotopic (exact) mass is 261 g/mol. The van der Waals surface area contributed by atoms with Crippen LogP contribution in [0.5, 0.6) is 0 Å². The highest BCUT2D eigenvalue weighted by Gasteiger charge is 2.27. The molecule has 0 bridgehead atoms. The molecular formula is C9H12ClN3O2S. The molecule has 1 fully saturated rings. The molecule has 2 rings (SSSR count). The summed E-state index contributed by atoms with van der Waals surface area (Å²) in [6.45, 7) is 0. The number of halogens is 1. The van der Waals surface area contributed by atoms with E-state index in [4.69, 9.17) is 17.3 Å². The summed E-state index contributed by atoms with van der Waals surface area (Å²) >= 11 is 5.85. The summed E-state index contributed by atoms with van der Waals surface area (Å²) in [4.78, 5) is 0. The number of hydrogen-bond donors (Lipinski definition) is 3. The Morgan fingerprint density at radius 3 is 2.62 bits per heavy atom. The molecule has 0 aromatic heterocycles. The third kappa shape index (κ3) is 2.78. The number of nitrogen functional groups attached to an aromatic ring is 1. The maximum Gasteiger partial charge on any atom is 0.299 e. The van der Waals surface area contributed by atoms with E-state index in [2.05, 4.69) is 9.44 Å². The van der Waals surface area contributed by atoms with Crippen molar-refractivity contribution >= 4 is 33.2 Å². The summed E-state index contributed by atoms with van der Waals surface area (Å²) in [5.41, 5.74) is 6.16. The molecule has 1 aromatic carbocycles. The van der Waals surface area contributed by atoms with Gasteiger partial charge in [0.15, 0.2) is 0 Å². The van der Waals surface area contributed by atoms with E-state index in [1.807, 2.05) is 0 Å². The van der Waals surface area contributed by atoms with Crippen molar-refractivity contribution in [3.05, 3.63) is 23.2 Å². The molecule has 0 spiro atoms. The first kappa shape index (κ1) is 11.5. The quantitative estimate of drug-likeness (QED) is 0.715. The highest BCUT2D eigenvalue weighted by molar-refractivity contribution is 7.90. The van der Waals surface area contributed by atoms with Crippen LogP contribution >= 0.6 is 11.6 Å². The molecule has 1 aliphatic rings. The molecule has 0 unspecified atom stereocenters. The Balaban J connectivity index is 2.19. The lowest BCUT2D eigenvalue weighted by Crippen LogP contribution is -2.32. The maximum atomic E-state index is 11.6. The Morgan fingerprint density at radius 2 is 2.06 bits per heavy atom. The SMILES string of the molecule is Nc1cccc(Cl)c1NS(=O)(=O)NC1CC1. The van der Waals surface area contributed by atoms with Crippen molar-refractivity contribution in [2.45, 2.75) is 18.9 Å². The zero-order chi connectivity index (χ0) is 11.8. The van der Waals surface area contributed by atoms with E-state index >= 15 is 0 Å². The summed E-state index contributed by atoms with van der Waals surface area (Å²) in [5.74, 6) is 0. The van der Waals surface area contributed by atoms with Crippen LogP contribution in [0.15, 0.2) is 18.2 Å². The van der Waals surface area contributed by atoms with Crippen LogP contribution in [0, 0.1) is 0 Å². The van der Waals surface area contributed by atoms with Gasteiger partial charge in [-0.1, -0.05) is 17.7 Å². The molecule has 16 heavy (non-hydrogen) atoms. The van der Waals surface area contributed by atoms with Gasteiger partial charge in [0.25, 0.3) is 10.2 Å². The lowest BCUT2D eigenvalue weighted by atomic mass is 10.3. The van der Waals surface area contributed by atoms with Gasteiger partial charge in [0.05, 0.1) is 16.4 Å². The Hall–Kier alpha value is -0.980. The number of hydrogen-bond acceptors (Lipinski definition) is 3. The smallest absolute Gasteiger partial charge is 0.299 e. The van der Waals surface area contributed by atoms with Crippen LogP contribution in [-0.4, -0.2) is 14.5 Å². The van der Waals surface area contributed by atoms with Crippen LogP contribution in [0.3, 0.4) is 0 Å². The van der Waals surface area contributed by atoms with Gasteiger partial charge in [0, 0.05) is 6.04 Å². The zero-order valence-corrected chi connectivity index (χ0v) is 9.98. The summed E-state index contributed by atoms with van der Waals surface area (Å²) in [5, 5.41) is 0.279. The van der Waals surface area contributed by atoms with Crippen LogP contribution in [0.25, 0.3) is 0 Å². The highest BCUT2D eigenvalue weighted by Crippen LogP contribution is 2.29. The van der Waals surface area contributed by atoms with Crippen molar-refractivity contribution in [3.8, 4) is 0 Å². The molecule has 0 amide bonds. The number of para-hydroxylation sites is 1. The van der Waals surface area contributed by atoms with E-state index in [0.717, 1.165) is 12.8 Å². The Bertz CT molecular complexity index is 479. The average molecular weight is 262 g/mol. The van der Waals surface area contributed by atoms with Crippen LogP contribution in [-0.2, 0) is 10.2 Å². The molecule has 1 aromatic rings. The fourth-order valence-electron chi connectivity index (χ4n) is 1.23. The van der Waals surface area contributed by atoms with Crippen molar-refractivity contribution in [1.82, 2.24) is 4.72 Å². The van der Waals surface area contributed by atoms with Gasteiger partial charge in [-0.2, -0.15) is 13.1 Å². The minimum absolute atomic E-state index is 0.0428. The molecule has 0 atom stereocenters. The van der Waals surface area contributed by atoms with E-state index in [-0.39, 0.29) is 16.8 Å². The third-order valence-corrected chi connectivity index (χ3v) is 3.61. The van der Waals surface area contributed by atoms with Crippen molar-refractivity contribution < 1.29 is 8.42 Å². The van der Waals surface area contributed by atoms with Crippen molar-refractivity contribution in [1.29, 1.82) is 0 Å². The summed E-state index contributed by atoms with van der Waals surface area (Å²) in [6, 6.07) is 4.86. The van der Waals surface area contributed by atoms with Crippen LogP contribution in [0.1, 0.15) is 12.8 Å². The van der Waals surface area contributed by atoms with E-state index < -0.39 is 10.2 Å². The molecule has 1 saturated carbocycles. The second-order valence-electron chi connectivity index (χ2n) is 3.70. The number of benzene rings is 1. The summed E-state index contributed by atoms with van der Waals surface area (Å²) in [7, 11) is -3.58. The van der Waals surface area contributed by atoms with Crippen molar-refractivity contribution in [2.75, 3.05) is 10.5 Å². The lowest BCUT2D eigenvalue weighted by molar-refractivity contribution is 0.586. The predicted molar refractivity (Wildman–Crippen MR) is 64.6 cm³/mol. The van der Waals surface area contributed by atoms with Crippen molar-refractivity contribution in [3.63, 3.8) is 0 Å². The van der Waals surface area contributed by atoms with E-state index in [9.17, 15) is 8.42 Å². The Morgan fingerprint density at radius 1 is 1.38 bits per heavy atom. The van der Waals surface area contributed by atoms with Gasteiger partial charge >= 0.3 is 0 Å². The number of nitrogens with two attached hydrogens (primary N) is 1. The molecule has 1 aliphatic carbocycles. The predicted octanol–water partition coefficient (Wildman–Crippen LogP) is 1.33. The lowest BCUT2D eigenvalue weighted by Gasteiger charge is -2.11. The van der Waals surface area contributed by atoms with E-state index in [0.29, 0.717) is 5.69 Å². The van der Waals surface area contributed by atoms with Crippen LogP contribution < -0.4 is 15.2 Å².